The summed E-state index contributed by atoms with van der Waals surface area (Å²) in [5.74, 6) is -0.581. The molecule has 4 rings (SSSR count). The van der Waals surface area contributed by atoms with Crippen LogP contribution in [0.2, 0.25) is 0 Å². The van der Waals surface area contributed by atoms with Crippen molar-refractivity contribution in [3.8, 4) is 0 Å². The lowest BCUT2D eigenvalue weighted by molar-refractivity contribution is -0.161. The molecular formula is C23H29ClFN3O2. The number of ether oxygens (including phenoxy) is 1. The van der Waals surface area contributed by atoms with E-state index < -0.39 is 5.82 Å². The Bertz CT molecular complexity index is 826. The second-order valence-corrected chi connectivity index (χ2v) is 8.24. The quantitative estimate of drug-likeness (QED) is 0.739. The van der Waals surface area contributed by atoms with Crippen molar-refractivity contribution in [2.45, 2.75) is 37.9 Å². The summed E-state index contributed by atoms with van der Waals surface area (Å²) in [6.07, 6.45) is 3.94. The SMILES string of the molecule is CC1CN(C(=O)c2ccc(F)cn2)CC2(CCN(CCc3ccccc3)CC2)O1.Cl. The van der Waals surface area contributed by atoms with Gasteiger partial charge in [0.1, 0.15) is 11.5 Å². The predicted molar refractivity (Wildman–Crippen MR) is 116 cm³/mol. The molecular weight excluding hydrogens is 405 g/mol. The highest BCUT2D eigenvalue weighted by molar-refractivity contribution is 5.92. The van der Waals surface area contributed by atoms with Crippen LogP contribution in [-0.4, -0.2) is 65.1 Å². The Morgan fingerprint density at radius 2 is 1.93 bits per heavy atom. The smallest absolute Gasteiger partial charge is 0.272 e. The van der Waals surface area contributed by atoms with Gasteiger partial charge in [-0.3, -0.25) is 4.79 Å². The van der Waals surface area contributed by atoms with Crippen LogP contribution in [0.3, 0.4) is 0 Å². The van der Waals surface area contributed by atoms with E-state index in [4.69, 9.17) is 4.74 Å². The van der Waals surface area contributed by atoms with E-state index in [1.165, 1.54) is 17.7 Å². The van der Waals surface area contributed by atoms with E-state index in [2.05, 4.69) is 34.1 Å². The average Bonchev–Trinajstić information content (AvgIpc) is 2.74. The minimum Gasteiger partial charge on any atom is -0.368 e. The van der Waals surface area contributed by atoms with Crippen LogP contribution >= 0.6 is 12.4 Å². The molecule has 0 bridgehead atoms. The van der Waals surface area contributed by atoms with Gasteiger partial charge in [-0.05, 0) is 43.9 Å². The van der Waals surface area contributed by atoms with Crippen molar-refractivity contribution in [1.29, 1.82) is 0 Å². The van der Waals surface area contributed by atoms with E-state index in [1.54, 1.807) is 0 Å². The van der Waals surface area contributed by atoms with Gasteiger partial charge in [-0.15, -0.1) is 12.4 Å². The zero-order valence-electron chi connectivity index (χ0n) is 17.3. The molecule has 1 unspecified atom stereocenters. The number of amides is 1. The van der Waals surface area contributed by atoms with E-state index in [-0.39, 0.29) is 35.7 Å². The number of carbonyl (C=O) groups is 1. The minimum absolute atomic E-state index is 0. The second-order valence-electron chi connectivity index (χ2n) is 8.24. The number of nitrogens with zero attached hydrogens (tertiary/aromatic N) is 3. The van der Waals surface area contributed by atoms with Gasteiger partial charge in [0.05, 0.1) is 24.4 Å². The second kappa shape index (κ2) is 9.86. The van der Waals surface area contributed by atoms with Crippen molar-refractivity contribution in [2.24, 2.45) is 0 Å². The molecule has 2 aromatic rings. The number of carbonyl (C=O) groups excluding carboxylic acids is 1. The molecule has 2 fully saturated rings. The molecule has 30 heavy (non-hydrogen) atoms. The van der Waals surface area contributed by atoms with Crippen molar-refractivity contribution >= 4 is 18.3 Å². The lowest BCUT2D eigenvalue weighted by Crippen LogP contribution is -2.60. The Balaban J connectivity index is 0.00000256. The summed E-state index contributed by atoms with van der Waals surface area (Å²) in [5.41, 5.74) is 1.35. The number of halogens is 2. The molecule has 1 aromatic carbocycles. The number of hydrogen-bond donors (Lipinski definition) is 0. The van der Waals surface area contributed by atoms with Crippen LogP contribution in [0.1, 0.15) is 35.8 Å². The van der Waals surface area contributed by atoms with Crippen LogP contribution < -0.4 is 0 Å². The van der Waals surface area contributed by atoms with Crippen LogP contribution in [-0.2, 0) is 11.2 Å². The highest BCUT2D eigenvalue weighted by Crippen LogP contribution is 2.33. The summed E-state index contributed by atoms with van der Waals surface area (Å²) in [5, 5.41) is 0. The average molecular weight is 434 g/mol. The Kier molecular flexibility index (Phi) is 7.45. The maximum Gasteiger partial charge on any atom is 0.272 e. The van der Waals surface area contributed by atoms with Gasteiger partial charge in [0.25, 0.3) is 5.91 Å². The van der Waals surface area contributed by atoms with Gasteiger partial charge in [-0.25, -0.2) is 9.37 Å². The standard InChI is InChI=1S/C23H28FN3O2.ClH/c1-18-16-27(22(28)21-8-7-20(24)15-25-21)17-23(29-18)10-13-26(14-11-23)12-9-19-5-3-2-4-6-19;/h2-8,15,18H,9-14,16-17H2,1H3;1H. The normalized spacial score (nSPS) is 21.3. The van der Waals surface area contributed by atoms with E-state index in [0.717, 1.165) is 45.1 Å². The maximum atomic E-state index is 13.1. The number of piperidine rings is 1. The Labute approximate surface area is 183 Å². The lowest BCUT2D eigenvalue weighted by Gasteiger charge is -2.49. The fraction of sp³-hybridized carbons (Fsp3) is 0.478. The van der Waals surface area contributed by atoms with Gasteiger partial charge >= 0.3 is 0 Å². The molecule has 162 valence electrons. The number of benzene rings is 1. The molecule has 1 amide bonds. The largest absolute Gasteiger partial charge is 0.368 e. The summed E-state index contributed by atoms with van der Waals surface area (Å²) in [6.45, 7) is 6.10. The van der Waals surface area contributed by atoms with Crippen LogP contribution in [0, 0.1) is 5.82 Å². The minimum atomic E-state index is -0.434. The summed E-state index contributed by atoms with van der Waals surface area (Å²) in [6, 6.07) is 13.3. The predicted octanol–water partition coefficient (Wildman–Crippen LogP) is 3.58. The molecule has 0 radical (unpaired) electrons. The van der Waals surface area contributed by atoms with E-state index in [9.17, 15) is 9.18 Å². The summed E-state index contributed by atoms with van der Waals surface area (Å²) < 4.78 is 19.5. The van der Waals surface area contributed by atoms with E-state index >= 15 is 0 Å². The van der Waals surface area contributed by atoms with E-state index in [1.807, 2.05) is 17.9 Å². The Morgan fingerprint density at radius 3 is 2.60 bits per heavy atom. The van der Waals surface area contributed by atoms with Crippen LogP contribution in [0.15, 0.2) is 48.7 Å². The molecule has 2 aliphatic rings. The van der Waals surface area contributed by atoms with Crippen molar-refractivity contribution < 1.29 is 13.9 Å². The molecule has 1 spiro atoms. The Hall–Kier alpha value is -2.02. The molecule has 1 atom stereocenters. The van der Waals surface area contributed by atoms with Crippen molar-refractivity contribution in [3.63, 3.8) is 0 Å². The van der Waals surface area contributed by atoms with Crippen LogP contribution in [0.5, 0.6) is 0 Å². The van der Waals surface area contributed by atoms with Crippen molar-refractivity contribution in [2.75, 3.05) is 32.7 Å². The number of hydrogen-bond acceptors (Lipinski definition) is 4. The number of rotatable bonds is 4. The van der Waals surface area contributed by atoms with Gasteiger partial charge in [0.15, 0.2) is 0 Å². The van der Waals surface area contributed by atoms with Crippen LogP contribution in [0.25, 0.3) is 0 Å². The molecule has 2 saturated heterocycles. The van der Waals surface area contributed by atoms with Gasteiger partial charge in [-0.1, -0.05) is 30.3 Å². The first-order valence-electron chi connectivity index (χ1n) is 10.4. The molecule has 0 saturated carbocycles. The van der Waals surface area contributed by atoms with Gasteiger partial charge in [0.2, 0.25) is 0 Å². The van der Waals surface area contributed by atoms with Crippen molar-refractivity contribution in [3.05, 3.63) is 65.7 Å². The van der Waals surface area contributed by atoms with Gasteiger partial charge < -0.3 is 14.5 Å². The summed E-state index contributed by atoms with van der Waals surface area (Å²) >= 11 is 0. The van der Waals surface area contributed by atoms with Gasteiger partial charge in [0, 0.05) is 26.2 Å². The molecule has 1 aromatic heterocycles. The molecule has 0 N–H and O–H groups in total. The molecule has 3 heterocycles. The third-order valence-electron chi connectivity index (χ3n) is 5.97. The van der Waals surface area contributed by atoms with Gasteiger partial charge in [-0.2, -0.15) is 0 Å². The first-order valence-corrected chi connectivity index (χ1v) is 10.4. The third-order valence-corrected chi connectivity index (χ3v) is 5.97. The maximum absolute atomic E-state index is 13.1. The number of pyridine rings is 1. The Morgan fingerprint density at radius 1 is 1.20 bits per heavy atom. The first-order chi connectivity index (χ1) is 14.0. The summed E-state index contributed by atoms with van der Waals surface area (Å²) in [7, 11) is 0. The summed E-state index contributed by atoms with van der Waals surface area (Å²) in [4.78, 5) is 21.2. The number of aromatic nitrogens is 1. The molecule has 5 nitrogen and oxygen atoms in total. The monoisotopic (exact) mass is 433 g/mol. The highest BCUT2D eigenvalue weighted by Gasteiger charge is 2.43. The molecule has 0 aliphatic carbocycles. The zero-order chi connectivity index (χ0) is 20.3. The number of morpholine rings is 1. The topological polar surface area (TPSA) is 45.7 Å². The lowest BCUT2D eigenvalue weighted by atomic mass is 9.88. The third kappa shape index (κ3) is 5.36. The highest BCUT2D eigenvalue weighted by atomic mass is 35.5. The molecule has 2 aliphatic heterocycles. The number of likely N-dealkylation sites (tertiary alicyclic amines) is 1. The molecule has 7 heteroatoms. The zero-order valence-corrected chi connectivity index (χ0v) is 18.1. The fourth-order valence-corrected chi connectivity index (χ4v) is 4.44. The van der Waals surface area contributed by atoms with Crippen molar-refractivity contribution in [1.82, 2.24) is 14.8 Å². The van der Waals surface area contributed by atoms with Crippen LogP contribution in [0.4, 0.5) is 4.39 Å². The first kappa shape index (κ1) is 22.7. The van der Waals surface area contributed by atoms with E-state index in [0.29, 0.717) is 13.1 Å². The fourth-order valence-electron chi connectivity index (χ4n) is 4.44.